The predicted octanol–water partition coefficient (Wildman–Crippen LogP) is 2.68. The molecule has 0 saturated carbocycles. The maximum absolute atomic E-state index is 11.6. The standard InChI is InChI=1S/C18H21NO4/c1-2-3-10-19-17(20)12-23-18(21)13-22-16-9-8-14-6-4-5-7-15(14)11-16/h4-9,11H,2-3,10,12-13H2,1H3,(H,19,20). The topological polar surface area (TPSA) is 64.6 Å². The minimum absolute atomic E-state index is 0.222. The van der Waals surface area contributed by atoms with E-state index in [2.05, 4.69) is 5.32 Å². The molecule has 0 aliphatic heterocycles. The Bertz CT molecular complexity index is 669. The van der Waals surface area contributed by atoms with E-state index in [1.165, 1.54) is 0 Å². The quantitative estimate of drug-likeness (QED) is 0.601. The van der Waals surface area contributed by atoms with Gasteiger partial charge in [0.2, 0.25) is 0 Å². The Kier molecular flexibility index (Phi) is 6.41. The summed E-state index contributed by atoms with van der Waals surface area (Å²) in [6.07, 6.45) is 1.91. The van der Waals surface area contributed by atoms with Crippen LogP contribution >= 0.6 is 0 Å². The van der Waals surface area contributed by atoms with Crippen LogP contribution in [-0.2, 0) is 14.3 Å². The van der Waals surface area contributed by atoms with Gasteiger partial charge in [-0.3, -0.25) is 4.79 Å². The van der Waals surface area contributed by atoms with Crippen LogP contribution in [0.25, 0.3) is 10.8 Å². The zero-order chi connectivity index (χ0) is 16.5. The molecule has 0 aliphatic carbocycles. The Hall–Kier alpha value is -2.56. The second kappa shape index (κ2) is 8.78. The lowest BCUT2D eigenvalue weighted by Gasteiger charge is -2.08. The van der Waals surface area contributed by atoms with E-state index in [9.17, 15) is 9.59 Å². The van der Waals surface area contributed by atoms with Crippen LogP contribution in [0.15, 0.2) is 42.5 Å². The zero-order valence-electron chi connectivity index (χ0n) is 13.2. The monoisotopic (exact) mass is 315 g/mol. The van der Waals surface area contributed by atoms with Gasteiger partial charge < -0.3 is 14.8 Å². The summed E-state index contributed by atoms with van der Waals surface area (Å²) in [4.78, 5) is 23.0. The molecule has 0 aromatic heterocycles. The van der Waals surface area contributed by atoms with Gasteiger partial charge in [-0.15, -0.1) is 0 Å². The van der Waals surface area contributed by atoms with Crippen molar-refractivity contribution in [1.82, 2.24) is 5.32 Å². The van der Waals surface area contributed by atoms with Crippen LogP contribution in [0.5, 0.6) is 5.75 Å². The van der Waals surface area contributed by atoms with Crippen molar-refractivity contribution in [3.63, 3.8) is 0 Å². The van der Waals surface area contributed by atoms with Gasteiger partial charge in [0, 0.05) is 6.54 Å². The van der Waals surface area contributed by atoms with E-state index in [0.717, 1.165) is 23.6 Å². The highest BCUT2D eigenvalue weighted by Gasteiger charge is 2.08. The van der Waals surface area contributed by atoms with Crippen molar-refractivity contribution in [3.05, 3.63) is 42.5 Å². The van der Waals surface area contributed by atoms with Crippen molar-refractivity contribution in [1.29, 1.82) is 0 Å². The van der Waals surface area contributed by atoms with E-state index in [1.54, 1.807) is 6.07 Å². The first-order valence-electron chi connectivity index (χ1n) is 7.73. The number of unbranched alkanes of at least 4 members (excludes halogenated alkanes) is 1. The van der Waals surface area contributed by atoms with Gasteiger partial charge in [0.05, 0.1) is 0 Å². The Morgan fingerprint density at radius 1 is 1.04 bits per heavy atom. The third-order valence-corrected chi connectivity index (χ3v) is 3.29. The molecule has 0 bridgehead atoms. The Morgan fingerprint density at radius 2 is 1.83 bits per heavy atom. The van der Waals surface area contributed by atoms with Gasteiger partial charge in [-0.1, -0.05) is 43.7 Å². The highest BCUT2D eigenvalue weighted by Crippen LogP contribution is 2.20. The Labute approximate surface area is 135 Å². The third-order valence-electron chi connectivity index (χ3n) is 3.29. The van der Waals surface area contributed by atoms with Crippen LogP contribution in [0.2, 0.25) is 0 Å². The summed E-state index contributed by atoms with van der Waals surface area (Å²) < 4.78 is 10.3. The number of amides is 1. The molecule has 0 atom stereocenters. The predicted molar refractivity (Wildman–Crippen MR) is 88.3 cm³/mol. The van der Waals surface area contributed by atoms with Crippen LogP contribution in [0.1, 0.15) is 19.8 Å². The molecule has 0 fully saturated rings. The molecule has 0 radical (unpaired) electrons. The molecule has 5 heteroatoms. The third kappa shape index (κ3) is 5.62. The molecule has 0 aliphatic rings. The van der Waals surface area contributed by atoms with Crippen LogP contribution in [0.3, 0.4) is 0 Å². The number of carbonyl (C=O) groups is 2. The second-order valence-corrected chi connectivity index (χ2v) is 5.16. The summed E-state index contributed by atoms with van der Waals surface area (Å²) in [5.74, 6) is -0.269. The van der Waals surface area contributed by atoms with Crippen molar-refractivity contribution < 1.29 is 19.1 Å². The molecule has 122 valence electrons. The SMILES string of the molecule is CCCCNC(=O)COC(=O)COc1ccc2ccccc2c1. The first-order chi connectivity index (χ1) is 11.2. The van der Waals surface area contributed by atoms with Crippen LogP contribution in [-0.4, -0.2) is 31.6 Å². The van der Waals surface area contributed by atoms with Gasteiger partial charge in [-0.05, 0) is 29.3 Å². The van der Waals surface area contributed by atoms with E-state index < -0.39 is 5.97 Å². The lowest BCUT2D eigenvalue weighted by molar-refractivity contribution is -0.150. The van der Waals surface area contributed by atoms with E-state index in [-0.39, 0.29) is 19.1 Å². The summed E-state index contributed by atoms with van der Waals surface area (Å²) in [6.45, 7) is 2.14. The van der Waals surface area contributed by atoms with Crippen molar-refractivity contribution in [2.24, 2.45) is 0 Å². The van der Waals surface area contributed by atoms with Gasteiger partial charge in [0.25, 0.3) is 5.91 Å². The fourth-order valence-electron chi connectivity index (χ4n) is 2.04. The number of benzene rings is 2. The zero-order valence-corrected chi connectivity index (χ0v) is 13.2. The first kappa shape index (κ1) is 16.8. The molecule has 23 heavy (non-hydrogen) atoms. The fraction of sp³-hybridized carbons (Fsp3) is 0.333. The fourth-order valence-corrected chi connectivity index (χ4v) is 2.04. The van der Waals surface area contributed by atoms with Gasteiger partial charge in [-0.2, -0.15) is 0 Å². The molecule has 0 heterocycles. The molecule has 0 unspecified atom stereocenters. The van der Waals surface area contributed by atoms with Gasteiger partial charge >= 0.3 is 5.97 Å². The number of hydrogen-bond acceptors (Lipinski definition) is 4. The van der Waals surface area contributed by atoms with Crippen molar-refractivity contribution >= 4 is 22.6 Å². The molecular weight excluding hydrogens is 294 g/mol. The van der Waals surface area contributed by atoms with Crippen LogP contribution in [0, 0.1) is 0 Å². The van der Waals surface area contributed by atoms with Gasteiger partial charge in [0.15, 0.2) is 13.2 Å². The molecule has 2 aromatic carbocycles. The van der Waals surface area contributed by atoms with Gasteiger partial charge in [-0.25, -0.2) is 4.79 Å². The maximum Gasteiger partial charge on any atom is 0.344 e. The number of fused-ring (bicyclic) bond motifs is 1. The van der Waals surface area contributed by atoms with E-state index in [4.69, 9.17) is 9.47 Å². The molecular formula is C18H21NO4. The summed E-state index contributed by atoms with van der Waals surface area (Å²) in [6, 6.07) is 13.5. The molecule has 1 amide bonds. The molecule has 0 saturated heterocycles. The number of hydrogen-bond donors (Lipinski definition) is 1. The average Bonchev–Trinajstić information content (AvgIpc) is 2.58. The van der Waals surface area contributed by atoms with Crippen LogP contribution < -0.4 is 10.1 Å². The van der Waals surface area contributed by atoms with E-state index >= 15 is 0 Å². The molecule has 5 nitrogen and oxygen atoms in total. The number of ether oxygens (including phenoxy) is 2. The number of carbonyl (C=O) groups excluding carboxylic acids is 2. The molecule has 1 N–H and O–H groups in total. The minimum atomic E-state index is -0.566. The largest absolute Gasteiger partial charge is 0.482 e. The van der Waals surface area contributed by atoms with Gasteiger partial charge in [0.1, 0.15) is 5.75 Å². The van der Waals surface area contributed by atoms with Crippen molar-refractivity contribution in [2.75, 3.05) is 19.8 Å². The Morgan fingerprint density at radius 3 is 2.61 bits per heavy atom. The highest BCUT2D eigenvalue weighted by molar-refractivity contribution is 5.84. The smallest absolute Gasteiger partial charge is 0.344 e. The molecule has 2 aromatic rings. The summed E-state index contributed by atoms with van der Waals surface area (Å²) >= 11 is 0. The number of nitrogens with one attached hydrogen (secondary N) is 1. The number of rotatable bonds is 8. The van der Waals surface area contributed by atoms with Crippen LogP contribution in [0.4, 0.5) is 0 Å². The lowest BCUT2D eigenvalue weighted by Crippen LogP contribution is -2.30. The van der Waals surface area contributed by atoms with E-state index in [0.29, 0.717) is 12.3 Å². The first-order valence-corrected chi connectivity index (χ1v) is 7.73. The lowest BCUT2D eigenvalue weighted by atomic mass is 10.1. The highest BCUT2D eigenvalue weighted by atomic mass is 16.6. The summed E-state index contributed by atoms with van der Waals surface area (Å²) in [5, 5.41) is 4.81. The van der Waals surface area contributed by atoms with Crippen molar-refractivity contribution in [2.45, 2.75) is 19.8 Å². The molecule has 0 spiro atoms. The minimum Gasteiger partial charge on any atom is -0.482 e. The second-order valence-electron chi connectivity index (χ2n) is 5.16. The summed E-state index contributed by atoms with van der Waals surface area (Å²) in [7, 11) is 0. The number of esters is 1. The normalized spacial score (nSPS) is 10.3. The summed E-state index contributed by atoms with van der Waals surface area (Å²) in [5.41, 5.74) is 0. The van der Waals surface area contributed by atoms with Crippen molar-refractivity contribution in [3.8, 4) is 5.75 Å². The van der Waals surface area contributed by atoms with E-state index in [1.807, 2.05) is 43.3 Å². The average molecular weight is 315 g/mol. The maximum atomic E-state index is 11.6. The molecule has 2 rings (SSSR count). The Balaban J connectivity index is 1.74.